The lowest BCUT2D eigenvalue weighted by Crippen LogP contribution is -2.12. The molecule has 4 heteroatoms. The van der Waals surface area contributed by atoms with E-state index in [1.807, 2.05) is 49.4 Å². The van der Waals surface area contributed by atoms with Crippen molar-refractivity contribution in [3.05, 3.63) is 58.8 Å². The number of aromatic nitrogens is 1. The smallest absolute Gasteiger partial charge is 0.219 e. The van der Waals surface area contributed by atoms with Crippen LogP contribution in [0.25, 0.3) is 6.08 Å². The highest BCUT2D eigenvalue weighted by atomic mass is 35.5. The lowest BCUT2D eigenvalue weighted by Gasteiger charge is -2.10. The van der Waals surface area contributed by atoms with Gasteiger partial charge in [-0.05, 0) is 25.1 Å². The fourth-order valence-corrected chi connectivity index (χ4v) is 2.08. The quantitative estimate of drug-likeness (QED) is 0.842. The molecule has 110 valence electrons. The first-order valence-corrected chi connectivity index (χ1v) is 7.37. The topological polar surface area (TPSA) is 34.1 Å². The summed E-state index contributed by atoms with van der Waals surface area (Å²) in [6.45, 7) is 5.62. The molecule has 0 aliphatic heterocycles. The van der Waals surface area contributed by atoms with Crippen LogP contribution in [0.5, 0.6) is 11.6 Å². The van der Waals surface area contributed by atoms with E-state index in [1.165, 1.54) is 0 Å². The summed E-state index contributed by atoms with van der Waals surface area (Å²) < 4.78 is 5.89. The van der Waals surface area contributed by atoms with E-state index in [-0.39, 0.29) is 0 Å². The molecule has 1 heterocycles. The predicted octanol–water partition coefficient (Wildman–Crippen LogP) is 4.67. The van der Waals surface area contributed by atoms with Crippen LogP contribution in [0.4, 0.5) is 0 Å². The zero-order valence-corrected chi connectivity index (χ0v) is 13.0. The third kappa shape index (κ3) is 4.31. The van der Waals surface area contributed by atoms with E-state index in [0.717, 1.165) is 23.4 Å². The first kappa shape index (κ1) is 15.5. The van der Waals surface area contributed by atoms with E-state index in [2.05, 4.69) is 17.2 Å². The van der Waals surface area contributed by atoms with Crippen LogP contribution in [0.1, 0.15) is 25.0 Å². The van der Waals surface area contributed by atoms with Crippen molar-refractivity contribution in [1.29, 1.82) is 0 Å². The van der Waals surface area contributed by atoms with Gasteiger partial charge in [0.15, 0.2) is 0 Å². The Morgan fingerprint density at radius 3 is 2.90 bits per heavy atom. The van der Waals surface area contributed by atoms with Gasteiger partial charge in [-0.3, -0.25) is 0 Å². The Morgan fingerprint density at radius 2 is 2.14 bits per heavy atom. The molecule has 21 heavy (non-hydrogen) atoms. The van der Waals surface area contributed by atoms with Crippen molar-refractivity contribution in [2.24, 2.45) is 0 Å². The average Bonchev–Trinajstić information content (AvgIpc) is 2.50. The summed E-state index contributed by atoms with van der Waals surface area (Å²) >= 11 is 6.15. The molecule has 0 unspecified atom stereocenters. The molecule has 0 amide bonds. The lowest BCUT2D eigenvalue weighted by atomic mass is 10.2. The van der Waals surface area contributed by atoms with Crippen LogP contribution in [-0.2, 0) is 6.54 Å². The highest BCUT2D eigenvalue weighted by Gasteiger charge is 2.07. The van der Waals surface area contributed by atoms with Crippen molar-refractivity contribution in [2.45, 2.75) is 20.4 Å². The van der Waals surface area contributed by atoms with Crippen molar-refractivity contribution in [3.63, 3.8) is 0 Å². The number of ether oxygens (including phenoxy) is 1. The molecule has 0 saturated carbocycles. The number of para-hydroxylation sites is 1. The molecule has 0 aliphatic carbocycles. The Kier molecular flexibility index (Phi) is 5.78. The molecular weight excluding hydrogens is 284 g/mol. The number of nitrogens with one attached hydrogen (secondary N) is 1. The molecule has 1 N–H and O–H groups in total. The van der Waals surface area contributed by atoms with Crippen LogP contribution in [0.3, 0.4) is 0 Å². The van der Waals surface area contributed by atoms with Gasteiger partial charge < -0.3 is 10.1 Å². The second kappa shape index (κ2) is 7.81. The molecule has 1 aromatic carbocycles. The number of benzene rings is 1. The molecule has 0 radical (unpaired) electrons. The summed E-state index contributed by atoms with van der Waals surface area (Å²) in [5, 5.41) is 3.89. The van der Waals surface area contributed by atoms with Gasteiger partial charge in [-0.1, -0.05) is 48.9 Å². The largest absolute Gasteiger partial charge is 0.438 e. The molecule has 1 aromatic heterocycles. The van der Waals surface area contributed by atoms with E-state index in [9.17, 15) is 0 Å². The first-order valence-electron chi connectivity index (χ1n) is 6.99. The maximum Gasteiger partial charge on any atom is 0.219 e. The minimum absolute atomic E-state index is 0.546. The van der Waals surface area contributed by atoms with Crippen molar-refractivity contribution in [1.82, 2.24) is 10.3 Å². The number of allylic oxidation sites excluding steroid dienone is 1. The summed E-state index contributed by atoms with van der Waals surface area (Å²) in [4.78, 5) is 4.24. The Morgan fingerprint density at radius 1 is 1.33 bits per heavy atom. The Balaban J connectivity index is 2.23. The second-order valence-corrected chi connectivity index (χ2v) is 4.94. The normalized spacial score (nSPS) is 11.0. The van der Waals surface area contributed by atoms with Gasteiger partial charge in [0, 0.05) is 24.4 Å². The zero-order chi connectivity index (χ0) is 15.1. The highest BCUT2D eigenvalue weighted by molar-refractivity contribution is 6.31. The van der Waals surface area contributed by atoms with E-state index in [4.69, 9.17) is 16.3 Å². The molecule has 0 spiro atoms. The molecule has 0 fully saturated rings. The summed E-state index contributed by atoms with van der Waals surface area (Å²) in [6, 6.07) is 9.73. The van der Waals surface area contributed by atoms with Crippen LogP contribution >= 0.6 is 11.6 Å². The zero-order valence-electron chi connectivity index (χ0n) is 12.3. The third-order valence-corrected chi connectivity index (χ3v) is 3.30. The van der Waals surface area contributed by atoms with Crippen molar-refractivity contribution < 1.29 is 4.74 Å². The first-order chi connectivity index (χ1) is 10.2. The number of pyridine rings is 1. The van der Waals surface area contributed by atoms with E-state index in [0.29, 0.717) is 17.4 Å². The molecule has 0 bridgehead atoms. The summed E-state index contributed by atoms with van der Waals surface area (Å²) in [6.07, 6.45) is 5.61. The van der Waals surface area contributed by atoms with Crippen LogP contribution in [0.2, 0.25) is 5.02 Å². The minimum atomic E-state index is 0.546. The van der Waals surface area contributed by atoms with E-state index < -0.39 is 0 Å². The van der Waals surface area contributed by atoms with Crippen LogP contribution in [-0.4, -0.2) is 11.5 Å². The van der Waals surface area contributed by atoms with E-state index in [1.54, 1.807) is 6.20 Å². The monoisotopic (exact) mass is 302 g/mol. The number of halogens is 1. The van der Waals surface area contributed by atoms with Gasteiger partial charge >= 0.3 is 0 Å². The van der Waals surface area contributed by atoms with E-state index >= 15 is 0 Å². The van der Waals surface area contributed by atoms with Crippen molar-refractivity contribution >= 4 is 17.7 Å². The maximum absolute atomic E-state index is 6.15. The average molecular weight is 303 g/mol. The fraction of sp³-hybridized carbons (Fsp3) is 0.235. The van der Waals surface area contributed by atoms with Gasteiger partial charge in [0.1, 0.15) is 5.75 Å². The summed E-state index contributed by atoms with van der Waals surface area (Å²) in [5.74, 6) is 1.32. The van der Waals surface area contributed by atoms with Gasteiger partial charge in [-0.15, -0.1) is 0 Å². The molecule has 0 saturated heterocycles. The van der Waals surface area contributed by atoms with Crippen LogP contribution < -0.4 is 10.1 Å². The second-order valence-electron chi connectivity index (χ2n) is 4.53. The van der Waals surface area contributed by atoms with Crippen molar-refractivity contribution in [2.75, 3.05) is 6.54 Å². The maximum atomic E-state index is 6.15. The minimum Gasteiger partial charge on any atom is -0.438 e. The van der Waals surface area contributed by atoms with Crippen LogP contribution in [0, 0.1) is 0 Å². The van der Waals surface area contributed by atoms with Gasteiger partial charge in [0.05, 0.1) is 5.02 Å². The predicted molar refractivity (Wildman–Crippen MR) is 87.9 cm³/mol. The number of hydrogen-bond acceptors (Lipinski definition) is 3. The molecule has 2 aromatic rings. The summed E-state index contributed by atoms with van der Waals surface area (Å²) in [5.41, 5.74) is 2.00. The number of nitrogens with zero attached hydrogens (tertiary/aromatic N) is 1. The molecule has 0 atom stereocenters. The van der Waals surface area contributed by atoms with Crippen molar-refractivity contribution in [3.8, 4) is 11.6 Å². The van der Waals surface area contributed by atoms with Gasteiger partial charge in [-0.25, -0.2) is 4.98 Å². The molecule has 0 aliphatic rings. The Bertz CT molecular complexity index is 626. The van der Waals surface area contributed by atoms with Gasteiger partial charge in [0.25, 0.3) is 0 Å². The standard InChI is InChI=1S/C17H19ClN2O/c1-3-7-13-8-5-6-9-16(13)21-17-10-14(11-19-4-2)15(18)12-20-17/h3,5-10,12,19H,4,11H2,1-2H3/b7-3+. The Labute approximate surface area is 130 Å². The Hall–Kier alpha value is -1.84. The molecular formula is C17H19ClN2O. The van der Waals surface area contributed by atoms with Gasteiger partial charge in [0.2, 0.25) is 5.88 Å². The summed E-state index contributed by atoms with van der Waals surface area (Å²) in [7, 11) is 0. The number of hydrogen-bond donors (Lipinski definition) is 1. The number of rotatable bonds is 6. The highest BCUT2D eigenvalue weighted by Crippen LogP contribution is 2.27. The molecule has 3 nitrogen and oxygen atoms in total. The van der Waals surface area contributed by atoms with Crippen LogP contribution in [0.15, 0.2) is 42.6 Å². The molecule has 2 rings (SSSR count). The fourth-order valence-electron chi connectivity index (χ4n) is 1.91. The van der Waals surface area contributed by atoms with Gasteiger partial charge in [-0.2, -0.15) is 0 Å². The third-order valence-electron chi connectivity index (χ3n) is 2.95. The SMILES string of the molecule is C/C=C/c1ccccc1Oc1cc(CNCC)c(Cl)cn1. The lowest BCUT2D eigenvalue weighted by molar-refractivity contribution is 0.460.